The van der Waals surface area contributed by atoms with Crippen molar-refractivity contribution in [2.45, 2.75) is 45.3 Å². The molecule has 1 aromatic carbocycles. The fourth-order valence-electron chi connectivity index (χ4n) is 3.29. The van der Waals surface area contributed by atoms with Crippen LogP contribution < -0.4 is 4.90 Å². The molecular weight excluding hydrogens is 330 g/mol. The molecule has 3 rings (SSSR count). The van der Waals surface area contributed by atoms with Gasteiger partial charge >= 0.3 is 0 Å². The molecule has 4 nitrogen and oxygen atoms in total. The van der Waals surface area contributed by atoms with Crippen LogP contribution in [0.4, 0.5) is 5.69 Å². The van der Waals surface area contributed by atoms with Gasteiger partial charge in [0.1, 0.15) is 0 Å². The first-order valence-electron chi connectivity index (χ1n) is 8.34. The lowest BCUT2D eigenvalue weighted by molar-refractivity contribution is -0.116. The van der Waals surface area contributed by atoms with Crippen LogP contribution in [0.15, 0.2) is 41.7 Å². The first-order valence-corrected chi connectivity index (χ1v) is 9.32. The SMILES string of the molecule is CC1=CC(C)(C)N(C(=O)CSc2nccc(C)n2)c2ccc(C)cc21. The number of fused-ring (bicyclic) bond motifs is 1. The van der Waals surface area contributed by atoms with Crippen LogP contribution >= 0.6 is 11.8 Å². The molecule has 0 radical (unpaired) electrons. The van der Waals surface area contributed by atoms with E-state index in [9.17, 15) is 4.79 Å². The number of nitrogens with zero attached hydrogens (tertiary/aromatic N) is 3. The zero-order valence-electron chi connectivity index (χ0n) is 15.3. The van der Waals surface area contributed by atoms with E-state index in [4.69, 9.17) is 0 Å². The number of thioether (sulfide) groups is 1. The first kappa shape index (κ1) is 17.7. The summed E-state index contributed by atoms with van der Waals surface area (Å²) in [6.07, 6.45) is 3.89. The predicted octanol–water partition coefficient (Wildman–Crippen LogP) is 4.41. The number of amides is 1. The maximum Gasteiger partial charge on any atom is 0.238 e. The summed E-state index contributed by atoms with van der Waals surface area (Å²) in [5, 5.41) is 0.638. The molecule has 0 saturated carbocycles. The van der Waals surface area contributed by atoms with Gasteiger partial charge in [0.05, 0.1) is 17.0 Å². The van der Waals surface area contributed by atoms with E-state index in [1.54, 1.807) is 6.20 Å². The molecule has 0 spiro atoms. The van der Waals surface area contributed by atoms with Crippen LogP contribution in [0, 0.1) is 13.8 Å². The van der Waals surface area contributed by atoms with E-state index >= 15 is 0 Å². The third-order valence-electron chi connectivity index (χ3n) is 4.31. The van der Waals surface area contributed by atoms with Gasteiger partial charge in [-0.25, -0.2) is 9.97 Å². The molecule has 0 N–H and O–H groups in total. The Bertz CT molecular complexity index is 858. The zero-order valence-corrected chi connectivity index (χ0v) is 16.1. The van der Waals surface area contributed by atoms with Crippen LogP contribution in [0.3, 0.4) is 0 Å². The molecule has 1 amide bonds. The van der Waals surface area contributed by atoms with Gasteiger partial charge in [0.2, 0.25) is 5.91 Å². The summed E-state index contributed by atoms with van der Waals surface area (Å²) in [5.41, 5.74) is 5.05. The van der Waals surface area contributed by atoms with Crippen molar-refractivity contribution in [3.63, 3.8) is 0 Å². The number of hydrogen-bond acceptors (Lipinski definition) is 4. The van der Waals surface area contributed by atoms with E-state index in [-0.39, 0.29) is 11.4 Å². The largest absolute Gasteiger partial charge is 0.302 e. The number of carbonyl (C=O) groups excluding carboxylic acids is 1. The Morgan fingerprint density at radius 3 is 2.68 bits per heavy atom. The summed E-state index contributed by atoms with van der Waals surface area (Å²) in [4.78, 5) is 23.5. The normalized spacial score (nSPS) is 15.6. The van der Waals surface area contributed by atoms with Gasteiger partial charge in [-0.1, -0.05) is 29.5 Å². The summed E-state index contributed by atoms with van der Waals surface area (Å²) >= 11 is 1.38. The third-order valence-corrected chi connectivity index (χ3v) is 5.16. The van der Waals surface area contributed by atoms with Gasteiger partial charge in [-0.2, -0.15) is 0 Å². The molecule has 1 aromatic heterocycles. The molecule has 0 fully saturated rings. The van der Waals surface area contributed by atoms with Gasteiger partial charge in [0.15, 0.2) is 5.16 Å². The molecule has 5 heteroatoms. The maximum absolute atomic E-state index is 13.0. The van der Waals surface area contributed by atoms with Crippen LogP contribution in [-0.2, 0) is 4.79 Å². The third kappa shape index (κ3) is 3.61. The molecule has 25 heavy (non-hydrogen) atoms. The number of aryl methyl sites for hydroxylation is 2. The van der Waals surface area contributed by atoms with Gasteiger partial charge in [-0.05, 0) is 58.4 Å². The van der Waals surface area contributed by atoms with E-state index in [0.29, 0.717) is 10.9 Å². The minimum atomic E-state index is -0.364. The predicted molar refractivity (Wildman–Crippen MR) is 104 cm³/mol. The lowest BCUT2D eigenvalue weighted by Crippen LogP contribution is -2.49. The van der Waals surface area contributed by atoms with Crippen LogP contribution in [0.1, 0.15) is 37.6 Å². The maximum atomic E-state index is 13.0. The van der Waals surface area contributed by atoms with Gasteiger partial charge in [-0.15, -0.1) is 0 Å². The second kappa shape index (κ2) is 6.64. The van der Waals surface area contributed by atoms with Crippen molar-refractivity contribution in [1.29, 1.82) is 0 Å². The number of benzene rings is 1. The van der Waals surface area contributed by atoms with Crippen LogP contribution in [0.25, 0.3) is 5.57 Å². The lowest BCUT2D eigenvalue weighted by Gasteiger charge is -2.41. The molecule has 2 heterocycles. The molecular formula is C20H23N3OS. The Hall–Kier alpha value is -2.14. The number of aromatic nitrogens is 2. The minimum Gasteiger partial charge on any atom is -0.302 e. The molecule has 0 atom stereocenters. The van der Waals surface area contributed by atoms with Gasteiger partial charge in [0, 0.05) is 17.5 Å². The standard InChI is InChI=1S/C20H23N3OS/c1-13-6-7-17-16(10-13)14(2)11-20(4,5)23(17)18(24)12-25-19-21-9-8-15(3)22-19/h6-11H,12H2,1-5H3. The molecule has 0 aliphatic carbocycles. The van der Waals surface area contributed by atoms with Gasteiger partial charge in [0.25, 0.3) is 0 Å². The van der Waals surface area contributed by atoms with Crippen molar-refractivity contribution < 1.29 is 4.79 Å². The summed E-state index contributed by atoms with van der Waals surface area (Å²) in [7, 11) is 0. The molecule has 0 bridgehead atoms. The highest BCUT2D eigenvalue weighted by molar-refractivity contribution is 7.99. The van der Waals surface area contributed by atoms with Crippen molar-refractivity contribution in [2.24, 2.45) is 0 Å². The average molecular weight is 353 g/mol. The topological polar surface area (TPSA) is 46.1 Å². The fraction of sp³-hybridized carbons (Fsp3) is 0.350. The second-order valence-corrected chi connectivity index (χ2v) is 7.94. The van der Waals surface area contributed by atoms with Crippen LogP contribution in [0.5, 0.6) is 0 Å². The first-order chi connectivity index (χ1) is 11.8. The number of allylic oxidation sites excluding steroid dienone is 1. The molecule has 0 saturated heterocycles. The van der Waals surface area contributed by atoms with Crippen molar-refractivity contribution >= 4 is 28.9 Å². The molecule has 1 aliphatic heterocycles. The minimum absolute atomic E-state index is 0.0639. The number of carbonyl (C=O) groups is 1. The van der Waals surface area contributed by atoms with E-state index < -0.39 is 0 Å². The summed E-state index contributed by atoms with van der Waals surface area (Å²) < 4.78 is 0. The van der Waals surface area contributed by atoms with Crippen LogP contribution in [-0.4, -0.2) is 27.2 Å². The summed E-state index contributed by atoms with van der Waals surface area (Å²) in [5.74, 6) is 0.376. The van der Waals surface area contributed by atoms with E-state index in [1.165, 1.54) is 22.9 Å². The van der Waals surface area contributed by atoms with Crippen molar-refractivity contribution in [1.82, 2.24) is 9.97 Å². The number of hydrogen-bond donors (Lipinski definition) is 0. The van der Waals surface area contributed by atoms with Crippen molar-refractivity contribution in [2.75, 3.05) is 10.7 Å². The lowest BCUT2D eigenvalue weighted by atomic mass is 9.88. The summed E-state index contributed by atoms with van der Waals surface area (Å²) in [6.45, 7) is 10.3. The average Bonchev–Trinajstić information content (AvgIpc) is 2.53. The van der Waals surface area contributed by atoms with E-state index in [1.807, 2.05) is 17.9 Å². The zero-order chi connectivity index (χ0) is 18.2. The van der Waals surface area contributed by atoms with Crippen molar-refractivity contribution in [3.8, 4) is 0 Å². The smallest absolute Gasteiger partial charge is 0.238 e. The second-order valence-electron chi connectivity index (χ2n) is 7.00. The molecule has 0 unspecified atom stereocenters. The van der Waals surface area contributed by atoms with E-state index in [0.717, 1.165) is 16.9 Å². The highest BCUT2D eigenvalue weighted by atomic mass is 32.2. The van der Waals surface area contributed by atoms with Gasteiger partial charge in [-0.3, -0.25) is 4.79 Å². The van der Waals surface area contributed by atoms with Gasteiger partial charge < -0.3 is 4.90 Å². The Kier molecular flexibility index (Phi) is 4.69. The highest BCUT2D eigenvalue weighted by Crippen LogP contribution is 2.39. The Morgan fingerprint density at radius 2 is 1.96 bits per heavy atom. The molecule has 1 aliphatic rings. The quantitative estimate of drug-likeness (QED) is 0.605. The Labute approximate surface area is 153 Å². The molecule has 2 aromatic rings. The van der Waals surface area contributed by atoms with E-state index in [2.05, 4.69) is 61.9 Å². The Morgan fingerprint density at radius 1 is 1.20 bits per heavy atom. The summed E-state index contributed by atoms with van der Waals surface area (Å²) in [6, 6.07) is 8.11. The fourth-order valence-corrected chi connectivity index (χ4v) is 4.01. The number of anilines is 1. The van der Waals surface area contributed by atoms with Crippen molar-refractivity contribution in [3.05, 3.63) is 53.4 Å². The van der Waals surface area contributed by atoms with Crippen LogP contribution in [0.2, 0.25) is 0 Å². The highest BCUT2D eigenvalue weighted by Gasteiger charge is 2.35. The monoisotopic (exact) mass is 353 g/mol. The Balaban J connectivity index is 1.88. The molecule has 130 valence electrons. The number of rotatable bonds is 3.